The number of esters is 3. The first-order valence-corrected chi connectivity index (χ1v) is 8.11. The van der Waals surface area contributed by atoms with Gasteiger partial charge in [-0.2, -0.15) is 0 Å². The Morgan fingerprint density at radius 3 is 1.45 bits per heavy atom. The molecule has 0 amide bonds. The molecule has 0 saturated carbocycles. The van der Waals surface area contributed by atoms with Crippen LogP contribution in [0.4, 0.5) is 0 Å². The summed E-state index contributed by atoms with van der Waals surface area (Å²) >= 11 is 2.11. The van der Waals surface area contributed by atoms with Gasteiger partial charge < -0.3 is 14.2 Å². The van der Waals surface area contributed by atoms with Crippen molar-refractivity contribution in [3.63, 3.8) is 0 Å². The molecule has 0 radical (unpaired) electrons. The summed E-state index contributed by atoms with van der Waals surface area (Å²) in [6, 6.07) is 0. The zero-order valence-corrected chi connectivity index (χ0v) is 14.2. The van der Waals surface area contributed by atoms with Crippen LogP contribution in [0.5, 0.6) is 0 Å². The summed E-state index contributed by atoms with van der Waals surface area (Å²) in [7, 11) is 0. The average Bonchev–Trinajstić information content (AvgIpc) is 2.40. The van der Waals surface area contributed by atoms with Crippen LogP contribution < -0.4 is 0 Å². The maximum atomic E-state index is 12.2. The Kier molecular flexibility index (Phi) is 9.52. The van der Waals surface area contributed by atoms with Gasteiger partial charge in [0.25, 0.3) is 5.41 Å². The fraction of sp³-hybridized carbons (Fsp3) is 0.769. The molecular formula is C13H21IO6. The maximum absolute atomic E-state index is 12.2. The lowest BCUT2D eigenvalue weighted by atomic mass is 9.83. The Labute approximate surface area is 132 Å². The molecule has 0 aromatic rings. The quantitative estimate of drug-likeness (QED) is 0.193. The van der Waals surface area contributed by atoms with E-state index in [0.29, 0.717) is 10.8 Å². The molecule has 0 bridgehead atoms. The molecule has 0 unspecified atom stereocenters. The van der Waals surface area contributed by atoms with Crippen LogP contribution >= 0.6 is 22.6 Å². The number of carbonyl (C=O) groups excluding carboxylic acids is 3. The summed E-state index contributed by atoms with van der Waals surface area (Å²) in [5.74, 6) is -2.70. The largest absolute Gasteiger partial charge is 0.465 e. The van der Waals surface area contributed by atoms with Crippen LogP contribution in [-0.2, 0) is 28.6 Å². The standard InChI is InChI=1S/C13H21IO6/c1-4-18-10(15)13(8-7-9-14,11(16)19-5-2)12(17)20-6-3/h4-9H2,1-3H3. The molecular weight excluding hydrogens is 379 g/mol. The van der Waals surface area contributed by atoms with Crippen LogP contribution in [0.2, 0.25) is 0 Å². The number of hydrogen-bond donors (Lipinski definition) is 0. The molecule has 0 aromatic carbocycles. The first-order chi connectivity index (χ1) is 9.50. The monoisotopic (exact) mass is 400 g/mol. The van der Waals surface area contributed by atoms with E-state index >= 15 is 0 Å². The first kappa shape index (κ1) is 19.1. The number of hydrogen-bond acceptors (Lipinski definition) is 6. The lowest BCUT2D eigenvalue weighted by Crippen LogP contribution is -2.49. The number of carbonyl (C=O) groups is 3. The van der Waals surface area contributed by atoms with Crippen molar-refractivity contribution in [3.05, 3.63) is 0 Å². The highest BCUT2D eigenvalue weighted by Gasteiger charge is 2.56. The van der Waals surface area contributed by atoms with E-state index in [9.17, 15) is 14.4 Å². The average molecular weight is 400 g/mol. The predicted molar refractivity (Wildman–Crippen MR) is 80.5 cm³/mol. The smallest absolute Gasteiger partial charge is 0.335 e. The van der Waals surface area contributed by atoms with E-state index in [1.807, 2.05) is 0 Å². The molecule has 0 aliphatic heterocycles. The number of alkyl halides is 1. The third-order valence-electron chi connectivity index (χ3n) is 2.56. The fourth-order valence-corrected chi connectivity index (χ4v) is 2.03. The van der Waals surface area contributed by atoms with E-state index < -0.39 is 23.3 Å². The van der Waals surface area contributed by atoms with Gasteiger partial charge >= 0.3 is 17.9 Å². The number of halogens is 1. The van der Waals surface area contributed by atoms with Gasteiger partial charge in [0.05, 0.1) is 19.8 Å². The lowest BCUT2D eigenvalue weighted by Gasteiger charge is -2.26. The van der Waals surface area contributed by atoms with Gasteiger partial charge in [0.1, 0.15) is 0 Å². The van der Waals surface area contributed by atoms with Gasteiger partial charge in [-0.15, -0.1) is 0 Å². The van der Waals surface area contributed by atoms with Crippen LogP contribution in [0, 0.1) is 5.41 Å². The molecule has 116 valence electrons. The van der Waals surface area contributed by atoms with Crippen molar-refractivity contribution in [2.24, 2.45) is 5.41 Å². The Hall–Kier alpha value is -0.860. The van der Waals surface area contributed by atoms with Crippen molar-refractivity contribution < 1.29 is 28.6 Å². The second-order valence-electron chi connectivity index (χ2n) is 3.86. The summed E-state index contributed by atoms with van der Waals surface area (Å²) in [6.45, 7) is 5.04. The molecule has 20 heavy (non-hydrogen) atoms. The third kappa shape index (κ3) is 4.60. The van der Waals surface area contributed by atoms with Crippen molar-refractivity contribution in [3.8, 4) is 0 Å². The third-order valence-corrected chi connectivity index (χ3v) is 3.32. The Morgan fingerprint density at radius 1 is 0.850 bits per heavy atom. The van der Waals surface area contributed by atoms with Crippen LogP contribution in [0.25, 0.3) is 0 Å². The number of rotatable bonds is 9. The highest BCUT2D eigenvalue weighted by Crippen LogP contribution is 2.30. The zero-order chi connectivity index (χ0) is 15.6. The van der Waals surface area contributed by atoms with E-state index in [0.717, 1.165) is 0 Å². The normalized spacial score (nSPS) is 10.8. The molecule has 7 heteroatoms. The van der Waals surface area contributed by atoms with Gasteiger partial charge in [-0.05, 0) is 38.0 Å². The van der Waals surface area contributed by atoms with Gasteiger partial charge in [0, 0.05) is 0 Å². The molecule has 0 heterocycles. The van der Waals surface area contributed by atoms with E-state index in [1.54, 1.807) is 20.8 Å². The molecule has 0 N–H and O–H groups in total. The van der Waals surface area contributed by atoms with Crippen molar-refractivity contribution in [1.29, 1.82) is 0 Å². The van der Waals surface area contributed by atoms with Crippen LogP contribution in [0.1, 0.15) is 33.6 Å². The highest BCUT2D eigenvalue weighted by atomic mass is 127. The molecule has 0 aromatic heterocycles. The van der Waals surface area contributed by atoms with E-state index in [-0.39, 0.29) is 26.2 Å². The van der Waals surface area contributed by atoms with E-state index in [1.165, 1.54) is 0 Å². The van der Waals surface area contributed by atoms with E-state index in [4.69, 9.17) is 14.2 Å². The summed E-state index contributed by atoms with van der Waals surface area (Å²) in [4.78, 5) is 36.5. The van der Waals surface area contributed by atoms with Crippen molar-refractivity contribution in [1.82, 2.24) is 0 Å². The van der Waals surface area contributed by atoms with Gasteiger partial charge in [-0.3, -0.25) is 14.4 Å². The molecule has 0 aliphatic rings. The molecule has 0 fully saturated rings. The van der Waals surface area contributed by atoms with Gasteiger partial charge in [0.2, 0.25) is 0 Å². The lowest BCUT2D eigenvalue weighted by molar-refractivity contribution is -0.184. The van der Waals surface area contributed by atoms with Crippen LogP contribution in [0.3, 0.4) is 0 Å². The molecule has 0 rings (SSSR count). The summed E-state index contributed by atoms with van der Waals surface area (Å²) in [5, 5.41) is 0. The summed E-state index contributed by atoms with van der Waals surface area (Å²) < 4.78 is 15.4. The first-order valence-electron chi connectivity index (χ1n) is 6.58. The van der Waals surface area contributed by atoms with Gasteiger partial charge in [-0.1, -0.05) is 22.6 Å². The summed E-state index contributed by atoms with van der Waals surface area (Å²) in [6.07, 6.45) is 0.517. The molecule has 0 spiro atoms. The minimum atomic E-state index is -2.01. The Balaban J connectivity index is 5.54. The zero-order valence-electron chi connectivity index (χ0n) is 12.1. The molecule has 0 saturated heterocycles. The van der Waals surface area contributed by atoms with Gasteiger partial charge in [0.15, 0.2) is 0 Å². The minimum absolute atomic E-state index is 0.0203. The SMILES string of the molecule is CCOC(=O)C(CCCI)(C(=O)OCC)C(=O)OCC. The molecule has 6 nitrogen and oxygen atoms in total. The van der Waals surface area contributed by atoms with Gasteiger partial charge in [-0.25, -0.2) is 0 Å². The van der Waals surface area contributed by atoms with Crippen molar-refractivity contribution >= 4 is 40.5 Å². The number of ether oxygens (including phenoxy) is 3. The molecule has 0 atom stereocenters. The minimum Gasteiger partial charge on any atom is -0.465 e. The van der Waals surface area contributed by atoms with Crippen molar-refractivity contribution in [2.75, 3.05) is 24.2 Å². The maximum Gasteiger partial charge on any atom is 0.335 e. The second kappa shape index (κ2) is 9.95. The summed E-state index contributed by atoms with van der Waals surface area (Å²) in [5.41, 5.74) is -2.01. The second-order valence-corrected chi connectivity index (χ2v) is 4.94. The van der Waals surface area contributed by atoms with Crippen LogP contribution in [0.15, 0.2) is 0 Å². The highest BCUT2D eigenvalue weighted by molar-refractivity contribution is 14.1. The fourth-order valence-electron chi connectivity index (χ4n) is 1.65. The van der Waals surface area contributed by atoms with Crippen LogP contribution in [-0.4, -0.2) is 42.2 Å². The predicted octanol–water partition coefficient (Wildman–Crippen LogP) is 1.88. The Morgan fingerprint density at radius 2 is 1.20 bits per heavy atom. The molecule has 0 aliphatic carbocycles. The Bertz CT molecular complexity index is 296. The van der Waals surface area contributed by atoms with Crippen molar-refractivity contribution in [2.45, 2.75) is 33.6 Å². The topological polar surface area (TPSA) is 78.9 Å². The van der Waals surface area contributed by atoms with E-state index in [2.05, 4.69) is 22.6 Å².